The van der Waals surface area contributed by atoms with Crippen LogP contribution in [0.3, 0.4) is 0 Å². The summed E-state index contributed by atoms with van der Waals surface area (Å²) in [5.41, 5.74) is 2.16. The van der Waals surface area contributed by atoms with Gasteiger partial charge in [-0.05, 0) is 31.5 Å². The minimum atomic E-state index is -0.227. The zero-order chi connectivity index (χ0) is 15.2. The lowest BCUT2D eigenvalue weighted by molar-refractivity contribution is 0.102. The standard InChI is InChI=1S/C15H15N3O2S/c1-10-6-7-12(5-3-4-8-19)9-13(10)14(20)17-15-16-11(2)18-21-15/h6-7,9,19H,4,8H2,1-2H3,(H,16,17,18,20). The van der Waals surface area contributed by atoms with Crippen molar-refractivity contribution in [3.05, 3.63) is 40.7 Å². The van der Waals surface area contributed by atoms with Crippen molar-refractivity contribution in [1.29, 1.82) is 0 Å². The molecule has 1 amide bonds. The topological polar surface area (TPSA) is 75.1 Å². The number of carbonyl (C=O) groups excluding carboxylic acids is 1. The number of aromatic nitrogens is 2. The summed E-state index contributed by atoms with van der Waals surface area (Å²) >= 11 is 1.15. The number of hydrogen-bond acceptors (Lipinski definition) is 5. The highest BCUT2D eigenvalue weighted by atomic mass is 32.1. The van der Waals surface area contributed by atoms with Crippen molar-refractivity contribution in [3.8, 4) is 11.8 Å². The molecule has 0 aliphatic carbocycles. The molecular formula is C15H15N3O2S. The fourth-order valence-corrected chi connectivity index (χ4v) is 2.25. The highest BCUT2D eigenvalue weighted by Gasteiger charge is 2.12. The van der Waals surface area contributed by atoms with Crippen LogP contribution in [0.2, 0.25) is 0 Å². The number of rotatable bonds is 3. The van der Waals surface area contributed by atoms with Gasteiger partial charge >= 0.3 is 0 Å². The largest absolute Gasteiger partial charge is 0.395 e. The van der Waals surface area contributed by atoms with Crippen LogP contribution in [0.25, 0.3) is 0 Å². The Bertz CT molecular complexity index is 713. The SMILES string of the molecule is Cc1nsc(NC(=O)c2cc(C#CCCO)ccc2C)n1. The van der Waals surface area contributed by atoms with Crippen molar-refractivity contribution in [2.45, 2.75) is 20.3 Å². The van der Waals surface area contributed by atoms with Gasteiger partial charge in [0.15, 0.2) is 0 Å². The first-order valence-corrected chi connectivity index (χ1v) is 7.19. The van der Waals surface area contributed by atoms with E-state index in [4.69, 9.17) is 5.11 Å². The van der Waals surface area contributed by atoms with E-state index in [0.29, 0.717) is 22.9 Å². The Balaban J connectivity index is 2.20. The predicted molar refractivity (Wildman–Crippen MR) is 82.4 cm³/mol. The van der Waals surface area contributed by atoms with E-state index in [0.717, 1.165) is 22.7 Å². The molecule has 1 aromatic heterocycles. The fraction of sp³-hybridized carbons (Fsp3) is 0.267. The van der Waals surface area contributed by atoms with Crippen LogP contribution in [0.15, 0.2) is 18.2 Å². The summed E-state index contributed by atoms with van der Waals surface area (Å²) in [5.74, 6) is 6.17. The minimum Gasteiger partial charge on any atom is -0.395 e. The highest BCUT2D eigenvalue weighted by Crippen LogP contribution is 2.15. The maximum absolute atomic E-state index is 12.3. The Hall–Kier alpha value is -2.23. The molecule has 1 aromatic carbocycles. The molecule has 0 atom stereocenters. The number of benzene rings is 1. The van der Waals surface area contributed by atoms with Crippen molar-refractivity contribution in [2.75, 3.05) is 11.9 Å². The van der Waals surface area contributed by atoms with E-state index in [-0.39, 0.29) is 12.5 Å². The van der Waals surface area contributed by atoms with Crippen LogP contribution in [0, 0.1) is 25.7 Å². The molecule has 2 aromatic rings. The third kappa shape index (κ3) is 4.12. The number of nitrogens with one attached hydrogen (secondary N) is 1. The Morgan fingerprint density at radius 1 is 1.43 bits per heavy atom. The molecule has 0 saturated carbocycles. The van der Waals surface area contributed by atoms with Gasteiger partial charge in [-0.2, -0.15) is 4.37 Å². The molecule has 2 N–H and O–H groups in total. The van der Waals surface area contributed by atoms with Gasteiger partial charge in [-0.25, -0.2) is 4.98 Å². The van der Waals surface area contributed by atoms with Gasteiger partial charge in [0.05, 0.1) is 6.61 Å². The summed E-state index contributed by atoms with van der Waals surface area (Å²) in [7, 11) is 0. The van der Waals surface area contributed by atoms with Gasteiger partial charge in [-0.3, -0.25) is 10.1 Å². The van der Waals surface area contributed by atoms with E-state index in [1.165, 1.54) is 0 Å². The van der Waals surface area contributed by atoms with E-state index >= 15 is 0 Å². The Labute approximate surface area is 127 Å². The molecule has 5 nitrogen and oxygen atoms in total. The smallest absolute Gasteiger partial charge is 0.257 e. The van der Waals surface area contributed by atoms with Gasteiger partial charge < -0.3 is 5.11 Å². The number of aryl methyl sites for hydroxylation is 2. The van der Waals surface area contributed by atoms with Gasteiger partial charge in [-0.15, -0.1) is 0 Å². The predicted octanol–water partition coefficient (Wildman–Crippen LogP) is 2.14. The number of nitrogens with zero attached hydrogens (tertiary/aromatic N) is 2. The average molecular weight is 301 g/mol. The first-order valence-electron chi connectivity index (χ1n) is 6.42. The van der Waals surface area contributed by atoms with Gasteiger partial charge in [0.1, 0.15) is 5.82 Å². The zero-order valence-electron chi connectivity index (χ0n) is 11.8. The molecule has 0 saturated heterocycles. The molecule has 1 heterocycles. The van der Waals surface area contributed by atoms with Crippen LogP contribution in [0.4, 0.5) is 5.13 Å². The molecule has 2 rings (SSSR count). The summed E-state index contributed by atoms with van der Waals surface area (Å²) < 4.78 is 4.02. The van der Waals surface area contributed by atoms with Crippen molar-refractivity contribution < 1.29 is 9.90 Å². The monoisotopic (exact) mass is 301 g/mol. The van der Waals surface area contributed by atoms with Crippen molar-refractivity contribution in [2.24, 2.45) is 0 Å². The summed E-state index contributed by atoms with van der Waals surface area (Å²) in [4.78, 5) is 16.4. The van der Waals surface area contributed by atoms with Crippen LogP contribution in [-0.2, 0) is 0 Å². The van der Waals surface area contributed by atoms with Crippen LogP contribution in [0.1, 0.15) is 33.7 Å². The van der Waals surface area contributed by atoms with E-state index < -0.39 is 0 Å². The summed E-state index contributed by atoms with van der Waals surface area (Å²) in [5, 5.41) is 11.9. The summed E-state index contributed by atoms with van der Waals surface area (Å²) in [6.07, 6.45) is 0.416. The maximum atomic E-state index is 12.3. The fourth-order valence-electron chi connectivity index (χ4n) is 1.68. The first kappa shape index (κ1) is 15.2. The van der Waals surface area contributed by atoms with Crippen molar-refractivity contribution in [3.63, 3.8) is 0 Å². The number of hydrogen-bond donors (Lipinski definition) is 2. The van der Waals surface area contributed by atoms with Gasteiger partial charge in [0.2, 0.25) is 5.13 Å². The third-order valence-electron chi connectivity index (χ3n) is 2.70. The molecule has 0 bridgehead atoms. The maximum Gasteiger partial charge on any atom is 0.257 e. The zero-order valence-corrected chi connectivity index (χ0v) is 12.6. The lowest BCUT2D eigenvalue weighted by Crippen LogP contribution is -2.13. The van der Waals surface area contributed by atoms with Crippen LogP contribution in [-0.4, -0.2) is 27.0 Å². The van der Waals surface area contributed by atoms with Gasteiger partial charge in [0, 0.05) is 29.1 Å². The number of anilines is 1. The number of carbonyl (C=O) groups is 1. The van der Waals surface area contributed by atoms with E-state index in [1.54, 1.807) is 13.0 Å². The third-order valence-corrected chi connectivity index (χ3v) is 3.42. The number of aliphatic hydroxyl groups is 1. The molecule has 0 unspecified atom stereocenters. The molecule has 0 fully saturated rings. The lowest BCUT2D eigenvalue weighted by Gasteiger charge is -2.05. The van der Waals surface area contributed by atoms with E-state index in [2.05, 4.69) is 26.5 Å². The molecule has 21 heavy (non-hydrogen) atoms. The highest BCUT2D eigenvalue weighted by molar-refractivity contribution is 7.09. The molecule has 0 aliphatic rings. The van der Waals surface area contributed by atoms with Crippen LogP contribution >= 0.6 is 11.5 Å². The van der Waals surface area contributed by atoms with Gasteiger partial charge in [-0.1, -0.05) is 17.9 Å². The first-order chi connectivity index (χ1) is 10.1. The summed E-state index contributed by atoms with van der Waals surface area (Å²) in [6.45, 7) is 3.67. The molecule has 0 aliphatic heterocycles. The minimum absolute atomic E-state index is 0.0304. The Morgan fingerprint density at radius 2 is 2.24 bits per heavy atom. The second kappa shape index (κ2) is 6.97. The molecule has 6 heteroatoms. The molecular weight excluding hydrogens is 286 g/mol. The van der Waals surface area contributed by atoms with Crippen molar-refractivity contribution >= 4 is 22.6 Å². The molecule has 0 radical (unpaired) electrons. The van der Waals surface area contributed by atoms with Gasteiger partial charge in [0.25, 0.3) is 5.91 Å². The average Bonchev–Trinajstić information content (AvgIpc) is 2.86. The number of amides is 1. The lowest BCUT2D eigenvalue weighted by atomic mass is 10.0. The second-order valence-electron chi connectivity index (χ2n) is 4.41. The quantitative estimate of drug-likeness (QED) is 0.852. The van der Waals surface area contributed by atoms with E-state index in [9.17, 15) is 4.79 Å². The van der Waals surface area contributed by atoms with E-state index in [1.807, 2.05) is 19.1 Å². The normalized spacial score (nSPS) is 9.86. The second-order valence-corrected chi connectivity index (χ2v) is 5.16. The number of aliphatic hydroxyl groups excluding tert-OH is 1. The molecule has 0 spiro atoms. The van der Waals surface area contributed by atoms with Crippen LogP contribution in [0.5, 0.6) is 0 Å². The van der Waals surface area contributed by atoms with Crippen LogP contribution < -0.4 is 5.32 Å². The molecule has 108 valence electrons. The Kier molecular flexibility index (Phi) is 5.04. The Morgan fingerprint density at radius 3 is 2.90 bits per heavy atom. The van der Waals surface area contributed by atoms with Crippen molar-refractivity contribution in [1.82, 2.24) is 9.36 Å². The summed E-state index contributed by atoms with van der Waals surface area (Å²) in [6, 6.07) is 5.44.